The van der Waals surface area contributed by atoms with E-state index in [-0.39, 0.29) is 11.9 Å². The zero-order chi connectivity index (χ0) is 12.0. The Morgan fingerprint density at radius 1 is 1.38 bits per heavy atom. The highest BCUT2D eigenvalue weighted by Gasteiger charge is 2.26. The monoisotopic (exact) mass is 226 g/mol. The third kappa shape index (κ3) is 4.97. The highest BCUT2D eigenvalue weighted by atomic mass is 16.2. The Balaban J connectivity index is 2.22. The van der Waals surface area contributed by atoms with E-state index >= 15 is 0 Å². The van der Waals surface area contributed by atoms with Gasteiger partial charge in [0.1, 0.15) is 0 Å². The molecule has 1 aliphatic rings. The molecule has 0 aromatic rings. The molecule has 2 unspecified atom stereocenters. The van der Waals surface area contributed by atoms with Crippen molar-refractivity contribution in [1.82, 2.24) is 10.6 Å². The molecule has 0 heterocycles. The topological polar surface area (TPSA) is 41.1 Å². The molecule has 0 radical (unpaired) electrons. The molecule has 3 heteroatoms. The van der Waals surface area contributed by atoms with Gasteiger partial charge in [-0.25, -0.2) is 0 Å². The first-order chi connectivity index (χ1) is 7.67. The summed E-state index contributed by atoms with van der Waals surface area (Å²) in [5.74, 6) is 0.164. The highest BCUT2D eigenvalue weighted by molar-refractivity contribution is 5.81. The molecular formula is C13H26N2O. The van der Waals surface area contributed by atoms with Crippen molar-refractivity contribution in [3.8, 4) is 0 Å². The maximum atomic E-state index is 11.7. The predicted molar refractivity (Wildman–Crippen MR) is 67.4 cm³/mol. The Kier molecular flexibility index (Phi) is 5.81. The number of amides is 1. The number of hydrogen-bond acceptors (Lipinski definition) is 2. The van der Waals surface area contributed by atoms with E-state index in [0.717, 1.165) is 19.3 Å². The minimum atomic E-state index is -0.0533. The summed E-state index contributed by atoms with van der Waals surface area (Å²) in [5.41, 5.74) is 0. The van der Waals surface area contributed by atoms with Crippen LogP contribution in [0.1, 0.15) is 59.3 Å². The summed E-state index contributed by atoms with van der Waals surface area (Å²) in [4.78, 5) is 11.7. The zero-order valence-electron chi connectivity index (χ0n) is 10.9. The fourth-order valence-electron chi connectivity index (χ4n) is 1.84. The summed E-state index contributed by atoms with van der Waals surface area (Å²) in [7, 11) is 0. The molecule has 0 aliphatic heterocycles. The quantitative estimate of drug-likeness (QED) is 0.666. The predicted octanol–water partition coefficient (Wildman–Crippen LogP) is 2.21. The smallest absolute Gasteiger partial charge is 0.237 e. The van der Waals surface area contributed by atoms with Gasteiger partial charge in [0.05, 0.1) is 6.04 Å². The molecule has 0 spiro atoms. The molecule has 2 N–H and O–H groups in total. The number of unbranched alkanes of at least 4 members (excludes halogenated alkanes) is 1. The van der Waals surface area contributed by atoms with Crippen LogP contribution in [0.4, 0.5) is 0 Å². The number of hydrogen-bond donors (Lipinski definition) is 2. The normalized spacial score (nSPS) is 19.2. The van der Waals surface area contributed by atoms with Gasteiger partial charge in [-0.3, -0.25) is 4.79 Å². The van der Waals surface area contributed by atoms with E-state index in [1.54, 1.807) is 0 Å². The lowest BCUT2D eigenvalue weighted by Crippen LogP contribution is -2.47. The van der Waals surface area contributed by atoms with Gasteiger partial charge in [-0.05, 0) is 32.6 Å². The highest BCUT2D eigenvalue weighted by Crippen LogP contribution is 2.18. The standard InChI is InChI=1S/C13H26N2O/c1-4-6-7-11(5-2)14-10(3)13(16)15-12-8-9-12/h10-12,14H,4-9H2,1-3H3,(H,15,16). The summed E-state index contributed by atoms with van der Waals surface area (Å²) in [6, 6.07) is 0.898. The number of carbonyl (C=O) groups excluding carboxylic acids is 1. The van der Waals surface area contributed by atoms with Crippen LogP contribution < -0.4 is 10.6 Å². The van der Waals surface area contributed by atoms with E-state index in [0.29, 0.717) is 12.1 Å². The van der Waals surface area contributed by atoms with Crippen LogP contribution in [-0.2, 0) is 4.79 Å². The van der Waals surface area contributed by atoms with Crippen molar-refractivity contribution >= 4 is 5.91 Å². The molecular weight excluding hydrogens is 200 g/mol. The second-order valence-electron chi connectivity index (χ2n) is 4.92. The SMILES string of the molecule is CCCCC(CC)NC(C)C(=O)NC1CC1. The average Bonchev–Trinajstić information content (AvgIpc) is 3.07. The molecule has 1 saturated carbocycles. The summed E-state index contributed by atoms with van der Waals surface area (Å²) < 4.78 is 0. The van der Waals surface area contributed by atoms with Gasteiger partial charge in [0, 0.05) is 12.1 Å². The van der Waals surface area contributed by atoms with Crippen LogP contribution in [0.15, 0.2) is 0 Å². The van der Waals surface area contributed by atoms with Crippen molar-refractivity contribution in [2.75, 3.05) is 0 Å². The summed E-state index contributed by atoms with van der Waals surface area (Å²) in [6.07, 6.45) is 7.05. The van der Waals surface area contributed by atoms with E-state index in [1.165, 1.54) is 19.3 Å². The molecule has 0 saturated heterocycles. The third-order valence-corrected chi connectivity index (χ3v) is 3.20. The second kappa shape index (κ2) is 6.89. The van der Waals surface area contributed by atoms with Crippen molar-refractivity contribution in [1.29, 1.82) is 0 Å². The number of rotatable bonds is 8. The molecule has 1 aliphatic carbocycles. The molecule has 1 rings (SSSR count). The van der Waals surface area contributed by atoms with E-state index in [1.807, 2.05) is 6.92 Å². The van der Waals surface area contributed by atoms with E-state index < -0.39 is 0 Å². The van der Waals surface area contributed by atoms with Gasteiger partial charge in [0.25, 0.3) is 0 Å². The van der Waals surface area contributed by atoms with Gasteiger partial charge < -0.3 is 10.6 Å². The lowest BCUT2D eigenvalue weighted by Gasteiger charge is -2.21. The van der Waals surface area contributed by atoms with Crippen LogP contribution >= 0.6 is 0 Å². The summed E-state index contributed by atoms with van der Waals surface area (Å²) in [6.45, 7) is 6.35. The van der Waals surface area contributed by atoms with E-state index in [2.05, 4.69) is 24.5 Å². The fourth-order valence-corrected chi connectivity index (χ4v) is 1.84. The van der Waals surface area contributed by atoms with Crippen molar-refractivity contribution in [3.63, 3.8) is 0 Å². The fraction of sp³-hybridized carbons (Fsp3) is 0.923. The Morgan fingerprint density at radius 3 is 2.56 bits per heavy atom. The van der Waals surface area contributed by atoms with Crippen molar-refractivity contribution < 1.29 is 4.79 Å². The van der Waals surface area contributed by atoms with Gasteiger partial charge >= 0.3 is 0 Å². The molecule has 0 bridgehead atoms. The molecule has 0 aromatic heterocycles. The van der Waals surface area contributed by atoms with Crippen LogP contribution in [0.2, 0.25) is 0 Å². The third-order valence-electron chi connectivity index (χ3n) is 3.20. The second-order valence-corrected chi connectivity index (χ2v) is 4.92. The molecule has 94 valence electrons. The van der Waals surface area contributed by atoms with E-state index in [9.17, 15) is 4.79 Å². The molecule has 1 amide bonds. The Morgan fingerprint density at radius 2 is 2.06 bits per heavy atom. The van der Waals surface area contributed by atoms with Gasteiger partial charge in [0.15, 0.2) is 0 Å². The Hall–Kier alpha value is -0.570. The minimum absolute atomic E-state index is 0.0533. The van der Waals surface area contributed by atoms with Crippen molar-refractivity contribution in [2.24, 2.45) is 0 Å². The zero-order valence-corrected chi connectivity index (χ0v) is 10.9. The van der Waals surface area contributed by atoms with Crippen LogP contribution in [-0.4, -0.2) is 24.0 Å². The molecule has 1 fully saturated rings. The first-order valence-corrected chi connectivity index (χ1v) is 6.73. The largest absolute Gasteiger partial charge is 0.352 e. The van der Waals surface area contributed by atoms with Crippen LogP contribution in [0.5, 0.6) is 0 Å². The molecule has 0 aromatic carbocycles. The van der Waals surface area contributed by atoms with Gasteiger partial charge in [-0.2, -0.15) is 0 Å². The molecule has 2 atom stereocenters. The first-order valence-electron chi connectivity index (χ1n) is 6.73. The molecule has 3 nitrogen and oxygen atoms in total. The van der Waals surface area contributed by atoms with Crippen LogP contribution in [0.25, 0.3) is 0 Å². The maximum Gasteiger partial charge on any atom is 0.237 e. The van der Waals surface area contributed by atoms with Crippen LogP contribution in [0, 0.1) is 0 Å². The van der Waals surface area contributed by atoms with Crippen molar-refractivity contribution in [3.05, 3.63) is 0 Å². The number of carbonyl (C=O) groups is 1. The maximum absolute atomic E-state index is 11.7. The summed E-state index contributed by atoms with van der Waals surface area (Å²) in [5, 5.41) is 6.46. The van der Waals surface area contributed by atoms with Crippen molar-refractivity contribution in [2.45, 2.75) is 77.4 Å². The summed E-state index contributed by atoms with van der Waals surface area (Å²) >= 11 is 0. The Bertz CT molecular complexity index is 214. The van der Waals surface area contributed by atoms with Gasteiger partial charge in [-0.15, -0.1) is 0 Å². The lowest BCUT2D eigenvalue weighted by atomic mass is 10.1. The first kappa shape index (κ1) is 13.5. The van der Waals surface area contributed by atoms with Gasteiger partial charge in [-0.1, -0.05) is 26.7 Å². The van der Waals surface area contributed by atoms with Gasteiger partial charge in [0.2, 0.25) is 5.91 Å². The Labute approximate surface area is 99.4 Å². The molecule has 16 heavy (non-hydrogen) atoms. The van der Waals surface area contributed by atoms with Crippen LogP contribution in [0.3, 0.4) is 0 Å². The lowest BCUT2D eigenvalue weighted by molar-refractivity contribution is -0.123. The van der Waals surface area contributed by atoms with E-state index in [4.69, 9.17) is 0 Å². The number of nitrogens with one attached hydrogen (secondary N) is 2. The average molecular weight is 226 g/mol. The minimum Gasteiger partial charge on any atom is -0.352 e.